The van der Waals surface area contributed by atoms with Gasteiger partial charge in [-0.2, -0.15) is 5.26 Å². The van der Waals surface area contributed by atoms with Gasteiger partial charge in [0.2, 0.25) is 0 Å². The Bertz CT molecular complexity index is 1220. The molecule has 0 radical (unpaired) electrons. The van der Waals surface area contributed by atoms with Crippen LogP contribution >= 0.6 is 0 Å². The Balaban J connectivity index is 0.000000416. The second-order valence-electron chi connectivity index (χ2n) is 7.35. The average molecular weight is 453 g/mol. The molecule has 0 saturated carbocycles. The van der Waals surface area contributed by atoms with Crippen LogP contribution in [0.25, 0.3) is 22.2 Å². The maximum absolute atomic E-state index is 11.6. The summed E-state index contributed by atoms with van der Waals surface area (Å²) in [6, 6.07) is 15.4. The molecule has 0 atom stereocenters. The number of hydrogen-bond acceptors (Lipinski definition) is 5. The molecule has 32 heavy (non-hydrogen) atoms. The number of aromatic nitrogens is 1. The van der Waals surface area contributed by atoms with E-state index in [1.54, 1.807) is 12.1 Å². The number of ether oxygens (including phenoxy) is 1. The first kappa shape index (κ1) is 23.5. The number of nitriles is 1. The van der Waals surface area contributed by atoms with Gasteiger partial charge in [0.15, 0.2) is 0 Å². The Morgan fingerprint density at radius 1 is 1.22 bits per heavy atom. The fourth-order valence-electron chi connectivity index (χ4n) is 3.62. The average Bonchev–Trinajstić information content (AvgIpc) is 3.13. The fourth-order valence-corrected chi connectivity index (χ4v) is 4.17. The predicted octanol–water partition coefficient (Wildman–Crippen LogP) is 4.00. The zero-order valence-electron chi connectivity index (χ0n) is 18.4. The lowest BCUT2D eigenvalue weighted by molar-refractivity contribution is 0.109. The number of aryl methyl sites for hydroxylation is 2. The summed E-state index contributed by atoms with van der Waals surface area (Å²) in [4.78, 5) is 0. The minimum Gasteiger partial charge on any atom is -0.379 e. The van der Waals surface area contributed by atoms with Gasteiger partial charge in [0.1, 0.15) is 6.07 Å². The predicted molar refractivity (Wildman–Crippen MR) is 129 cm³/mol. The molecular formula is C24H28N4O3S. The number of anilines is 1. The molecule has 168 valence electrons. The van der Waals surface area contributed by atoms with E-state index in [-0.39, 0.29) is 0 Å². The van der Waals surface area contributed by atoms with Crippen molar-refractivity contribution in [2.45, 2.75) is 20.4 Å². The first-order chi connectivity index (χ1) is 15.4. The number of sulfonamides is 1. The van der Waals surface area contributed by atoms with Crippen molar-refractivity contribution in [3.8, 4) is 17.3 Å². The van der Waals surface area contributed by atoms with Gasteiger partial charge in [0.25, 0.3) is 10.0 Å². The molecule has 0 aliphatic carbocycles. The van der Waals surface area contributed by atoms with Gasteiger partial charge in [-0.3, -0.25) is 4.72 Å². The van der Waals surface area contributed by atoms with Crippen LogP contribution < -0.4 is 10.0 Å². The van der Waals surface area contributed by atoms with Crippen LogP contribution in [0.1, 0.15) is 18.1 Å². The van der Waals surface area contributed by atoms with Crippen molar-refractivity contribution in [2.75, 3.05) is 31.0 Å². The molecule has 0 unspecified atom stereocenters. The third-order valence-corrected chi connectivity index (χ3v) is 6.09. The highest BCUT2D eigenvalue weighted by Crippen LogP contribution is 2.34. The normalized spacial score (nSPS) is 13.7. The first-order valence-electron chi connectivity index (χ1n) is 10.5. The van der Waals surface area contributed by atoms with Crippen LogP contribution in [0.15, 0.2) is 54.5 Å². The smallest absolute Gasteiger partial charge is 0.254 e. The number of nitrogens with zero attached hydrogens (tertiary/aromatic N) is 2. The number of hydrogen-bond donors (Lipinski definition) is 2. The summed E-state index contributed by atoms with van der Waals surface area (Å²) >= 11 is 0. The van der Waals surface area contributed by atoms with E-state index in [9.17, 15) is 13.7 Å². The molecule has 0 bridgehead atoms. The molecule has 1 saturated heterocycles. The molecule has 2 aromatic carbocycles. The Morgan fingerprint density at radius 2 is 1.91 bits per heavy atom. The number of fused-ring (bicyclic) bond motifs is 1. The van der Waals surface area contributed by atoms with Gasteiger partial charge < -0.3 is 14.6 Å². The molecule has 1 aliphatic heterocycles. The highest BCUT2D eigenvalue weighted by Gasteiger charge is 2.18. The quantitative estimate of drug-likeness (QED) is 0.610. The lowest BCUT2D eigenvalue weighted by Gasteiger charge is -2.10. The highest BCUT2D eigenvalue weighted by atomic mass is 32.2. The van der Waals surface area contributed by atoms with Gasteiger partial charge in [0, 0.05) is 36.1 Å². The van der Waals surface area contributed by atoms with Crippen molar-refractivity contribution in [1.82, 2.24) is 9.88 Å². The minimum atomic E-state index is -3.54. The van der Waals surface area contributed by atoms with Crippen molar-refractivity contribution in [3.63, 3.8) is 0 Å². The van der Waals surface area contributed by atoms with Gasteiger partial charge in [-0.15, -0.1) is 0 Å². The van der Waals surface area contributed by atoms with Crippen molar-refractivity contribution >= 4 is 26.6 Å². The standard InChI is InChI=1S/C20H19N3O2S.C4H9NO/c1-4-23-19-12-14(3)6-11-17(19)18(13-21)20(23)15-7-9-16(10-8-15)22-26(24,25)5-2;1-3-6-4-2-5-1/h5-12,22H,2,4H2,1,3H3;5H,1-4H2. The molecule has 1 aliphatic rings. The van der Waals surface area contributed by atoms with Crippen LogP contribution in [0.3, 0.4) is 0 Å². The third kappa shape index (κ3) is 5.37. The Kier molecular flexibility index (Phi) is 7.70. The summed E-state index contributed by atoms with van der Waals surface area (Å²) in [5.41, 5.74) is 4.93. The van der Waals surface area contributed by atoms with Crippen LogP contribution in [0.4, 0.5) is 5.69 Å². The lowest BCUT2D eigenvalue weighted by atomic mass is 10.1. The van der Waals surface area contributed by atoms with E-state index in [1.807, 2.05) is 38.1 Å². The zero-order chi connectivity index (χ0) is 23.1. The summed E-state index contributed by atoms with van der Waals surface area (Å²) in [5.74, 6) is 0. The summed E-state index contributed by atoms with van der Waals surface area (Å²) in [6.07, 6.45) is 0. The highest BCUT2D eigenvalue weighted by molar-refractivity contribution is 7.95. The molecule has 0 amide bonds. The second kappa shape index (κ2) is 10.5. The molecule has 2 heterocycles. The van der Waals surface area contributed by atoms with E-state index < -0.39 is 10.0 Å². The molecular weight excluding hydrogens is 424 g/mol. The van der Waals surface area contributed by atoms with Gasteiger partial charge in [0.05, 0.1) is 30.0 Å². The number of morpholine rings is 1. The Labute approximate surface area is 189 Å². The van der Waals surface area contributed by atoms with Crippen LogP contribution in [-0.2, 0) is 21.3 Å². The van der Waals surface area contributed by atoms with Crippen LogP contribution in [-0.4, -0.2) is 39.3 Å². The molecule has 7 nitrogen and oxygen atoms in total. The van der Waals surface area contributed by atoms with E-state index in [0.29, 0.717) is 11.3 Å². The Morgan fingerprint density at radius 3 is 2.41 bits per heavy atom. The lowest BCUT2D eigenvalue weighted by Crippen LogP contribution is -2.30. The molecule has 1 fully saturated rings. The zero-order valence-corrected chi connectivity index (χ0v) is 19.2. The van der Waals surface area contributed by atoms with Crippen molar-refractivity contribution < 1.29 is 13.2 Å². The number of rotatable bonds is 5. The minimum absolute atomic E-state index is 0.446. The summed E-state index contributed by atoms with van der Waals surface area (Å²) in [7, 11) is -3.54. The molecule has 3 aromatic rings. The van der Waals surface area contributed by atoms with Gasteiger partial charge in [-0.1, -0.05) is 30.8 Å². The maximum atomic E-state index is 11.6. The Hall–Kier alpha value is -3.12. The van der Waals surface area contributed by atoms with Crippen LogP contribution in [0.5, 0.6) is 0 Å². The summed E-state index contributed by atoms with van der Waals surface area (Å²) in [5, 5.41) is 14.7. The van der Waals surface area contributed by atoms with Crippen molar-refractivity contribution in [2.24, 2.45) is 0 Å². The summed E-state index contributed by atoms with van der Waals surface area (Å²) < 4.78 is 32.7. The second-order valence-corrected chi connectivity index (χ2v) is 8.98. The SMILES string of the molecule is C1COCCN1.C=CS(=O)(=O)Nc1ccc(-c2c(C#N)c3ccc(C)cc3n2CC)cc1. The molecule has 8 heteroatoms. The largest absolute Gasteiger partial charge is 0.379 e. The summed E-state index contributed by atoms with van der Waals surface area (Å²) in [6.45, 7) is 11.9. The van der Waals surface area contributed by atoms with Crippen LogP contribution in [0.2, 0.25) is 0 Å². The first-order valence-corrected chi connectivity index (χ1v) is 12.0. The van der Waals surface area contributed by atoms with E-state index in [2.05, 4.69) is 33.3 Å². The molecule has 4 rings (SSSR count). The van der Waals surface area contributed by atoms with Gasteiger partial charge >= 0.3 is 0 Å². The van der Waals surface area contributed by atoms with Gasteiger partial charge in [-0.25, -0.2) is 8.42 Å². The van der Waals surface area contributed by atoms with Crippen molar-refractivity contribution in [3.05, 3.63) is 65.6 Å². The van der Waals surface area contributed by atoms with Crippen molar-refractivity contribution in [1.29, 1.82) is 5.26 Å². The monoisotopic (exact) mass is 452 g/mol. The third-order valence-electron chi connectivity index (χ3n) is 5.13. The van der Waals surface area contributed by atoms with Crippen LogP contribution in [0, 0.1) is 18.3 Å². The topological polar surface area (TPSA) is 96.2 Å². The van der Waals surface area contributed by atoms with E-state index in [1.165, 1.54) is 0 Å². The number of benzene rings is 2. The van der Waals surface area contributed by atoms with E-state index in [0.717, 1.165) is 66.0 Å². The van der Waals surface area contributed by atoms with E-state index >= 15 is 0 Å². The van der Waals surface area contributed by atoms with E-state index in [4.69, 9.17) is 4.74 Å². The maximum Gasteiger partial charge on any atom is 0.254 e. The van der Waals surface area contributed by atoms with Gasteiger partial charge in [-0.05, 0) is 43.2 Å². The molecule has 0 spiro atoms. The molecule has 1 aromatic heterocycles. The fraction of sp³-hybridized carbons (Fsp3) is 0.292. The number of nitrogens with one attached hydrogen (secondary N) is 2. The molecule has 2 N–H and O–H groups in total.